The third kappa shape index (κ3) is 5.22. The van der Waals surface area contributed by atoms with Crippen LogP contribution in [0.25, 0.3) is 0 Å². The maximum absolute atomic E-state index is 13.0. The third-order valence-electron chi connectivity index (χ3n) is 6.16. The molecule has 34 heavy (non-hydrogen) atoms. The highest BCUT2D eigenvalue weighted by Gasteiger charge is 2.34. The van der Waals surface area contributed by atoms with Crippen molar-refractivity contribution in [1.29, 1.82) is 0 Å². The average Bonchev–Trinajstić information content (AvgIpc) is 3.74. The van der Waals surface area contributed by atoms with Crippen molar-refractivity contribution in [3.05, 3.63) is 90.0 Å². The summed E-state index contributed by atoms with van der Waals surface area (Å²) in [5.74, 6) is 1.67. The summed E-state index contributed by atoms with van der Waals surface area (Å²) in [5, 5.41) is 0. The summed E-state index contributed by atoms with van der Waals surface area (Å²) < 4.78 is 11.6. The van der Waals surface area contributed by atoms with Crippen LogP contribution in [0.4, 0.5) is 5.69 Å². The van der Waals surface area contributed by atoms with Crippen LogP contribution in [-0.4, -0.2) is 36.5 Å². The first-order valence-electron chi connectivity index (χ1n) is 11.7. The predicted molar refractivity (Wildman–Crippen MR) is 130 cm³/mol. The zero-order valence-electron chi connectivity index (χ0n) is 19.1. The second-order valence-corrected chi connectivity index (χ2v) is 8.74. The Bertz CT molecular complexity index is 1150. The summed E-state index contributed by atoms with van der Waals surface area (Å²) in [6.07, 6.45) is 1.92. The molecule has 6 nitrogen and oxygen atoms in total. The Morgan fingerprint density at radius 3 is 2.44 bits per heavy atom. The van der Waals surface area contributed by atoms with Crippen molar-refractivity contribution in [2.75, 3.05) is 24.7 Å². The van der Waals surface area contributed by atoms with Crippen molar-refractivity contribution in [3.63, 3.8) is 0 Å². The van der Waals surface area contributed by atoms with E-state index < -0.39 is 0 Å². The number of hydrogen-bond donors (Lipinski definition) is 0. The van der Waals surface area contributed by atoms with Crippen LogP contribution >= 0.6 is 0 Å². The van der Waals surface area contributed by atoms with Gasteiger partial charge in [-0.3, -0.25) is 9.59 Å². The summed E-state index contributed by atoms with van der Waals surface area (Å²) in [7, 11) is 0. The van der Waals surface area contributed by atoms with Crippen molar-refractivity contribution in [2.45, 2.75) is 25.9 Å². The molecule has 0 N–H and O–H groups in total. The van der Waals surface area contributed by atoms with Crippen LogP contribution in [0.3, 0.4) is 0 Å². The fourth-order valence-electron chi connectivity index (χ4n) is 4.15. The molecule has 174 valence electrons. The average molecular weight is 457 g/mol. The van der Waals surface area contributed by atoms with Crippen LogP contribution in [0, 0.1) is 5.92 Å². The molecular formula is C28H28N2O4. The Kier molecular flexibility index (Phi) is 6.47. The van der Waals surface area contributed by atoms with E-state index in [1.54, 1.807) is 4.90 Å². The number of amides is 2. The topological polar surface area (TPSA) is 59.1 Å². The summed E-state index contributed by atoms with van der Waals surface area (Å²) in [5.41, 5.74) is 2.85. The van der Waals surface area contributed by atoms with Crippen LogP contribution in [0.15, 0.2) is 78.9 Å². The van der Waals surface area contributed by atoms with Gasteiger partial charge in [-0.1, -0.05) is 42.5 Å². The number of ether oxygens (including phenoxy) is 2. The maximum atomic E-state index is 13.0. The largest absolute Gasteiger partial charge is 0.491 e. The van der Waals surface area contributed by atoms with Crippen molar-refractivity contribution in [2.24, 2.45) is 5.92 Å². The van der Waals surface area contributed by atoms with Gasteiger partial charge in [-0.25, -0.2) is 0 Å². The molecule has 1 heterocycles. The van der Waals surface area contributed by atoms with Gasteiger partial charge in [-0.15, -0.1) is 0 Å². The smallest absolute Gasteiger partial charge is 0.260 e. The number of fused-ring (bicyclic) bond motifs is 1. The van der Waals surface area contributed by atoms with Crippen molar-refractivity contribution in [1.82, 2.24) is 4.90 Å². The van der Waals surface area contributed by atoms with Crippen LogP contribution in [0.2, 0.25) is 0 Å². The van der Waals surface area contributed by atoms with Gasteiger partial charge in [0.25, 0.3) is 5.91 Å². The zero-order chi connectivity index (χ0) is 23.3. The molecule has 3 aromatic rings. The van der Waals surface area contributed by atoms with E-state index in [9.17, 15) is 9.59 Å². The Labute approximate surface area is 199 Å². The fourth-order valence-corrected chi connectivity index (χ4v) is 4.15. The Morgan fingerprint density at radius 2 is 1.71 bits per heavy atom. The molecule has 2 aliphatic rings. The second-order valence-electron chi connectivity index (χ2n) is 8.74. The number of carbonyl (C=O) groups excluding carboxylic acids is 2. The summed E-state index contributed by atoms with van der Waals surface area (Å²) in [6.45, 7) is 1.84. The van der Waals surface area contributed by atoms with Crippen molar-refractivity contribution in [3.8, 4) is 11.5 Å². The Balaban J connectivity index is 1.30. The summed E-state index contributed by atoms with van der Waals surface area (Å²) in [6, 6.07) is 25.1. The zero-order valence-corrected chi connectivity index (χ0v) is 19.1. The van der Waals surface area contributed by atoms with Gasteiger partial charge in [0, 0.05) is 23.7 Å². The maximum Gasteiger partial charge on any atom is 0.260 e. The summed E-state index contributed by atoms with van der Waals surface area (Å²) in [4.78, 5) is 29.5. The van der Waals surface area contributed by atoms with Gasteiger partial charge in [-0.2, -0.15) is 0 Å². The number of nitrogens with zero attached hydrogens (tertiary/aromatic N) is 2. The lowest BCUT2D eigenvalue weighted by atomic mass is 10.1. The lowest BCUT2D eigenvalue weighted by Gasteiger charge is -2.24. The van der Waals surface area contributed by atoms with Crippen LogP contribution in [-0.2, 0) is 22.7 Å². The molecule has 0 saturated heterocycles. The summed E-state index contributed by atoms with van der Waals surface area (Å²) >= 11 is 0. The lowest BCUT2D eigenvalue weighted by Crippen LogP contribution is -2.36. The van der Waals surface area contributed by atoms with E-state index in [4.69, 9.17) is 9.47 Å². The van der Waals surface area contributed by atoms with E-state index in [1.165, 1.54) is 0 Å². The molecular weight excluding hydrogens is 428 g/mol. The molecule has 1 aliphatic heterocycles. The van der Waals surface area contributed by atoms with E-state index in [2.05, 4.69) is 6.07 Å². The minimum atomic E-state index is -0.0828. The van der Waals surface area contributed by atoms with Gasteiger partial charge in [-0.05, 0) is 54.8 Å². The number of carbonyl (C=O) groups is 2. The number of para-hydroxylation sites is 2. The molecule has 6 heteroatoms. The molecule has 0 aromatic heterocycles. The van der Waals surface area contributed by atoms with Crippen molar-refractivity contribution < 1.29 is 19.1 Å². The first kappa shape index (κ1) is 22.0. The molecule has 5 rings (SSSR count). The highest BCUT2D eigenvalue weighted by atomic mass is 16.5. The van der Waals surface area contributed by atoms with E-state index in [0.717, 1.165) is 35.4 Å². The lowest BCUT2D eigenvalue weighted by molar-refractivity contribution is -0.134. The first-order valence-corrected chi connectivity index (χ1v) is 11.7. The second kappa shape index (κ2) is 10.00. The van der Waals surface area contributed by atoms with E-state index >= 15 is 0 Å². The van der Waals surface area contributed by atoms with Gasteiger partial charge in [0.15, 0.2) is 6.61 Å². The van der Waals surface area contributed by atoms with E-state index in [-0.39, 0.29) is 24.3 Å². The normalized spacial score (nSPS) is 15.0. The quantitative estimate of drug-likeness (QED) is 0.528. The number of hydrogen-bond acceptors (Lipinski definition) is 4. The van der Waals surface area contributed by atoms with Crippen LogP contribution < -0.4 is 14.4 Å². The molecule has 0 bridgehead atoms. The molecule has 0 spiro atoms. The molecule has 0 radical (unpaired) electrons. The molecule has 1 fully saturated rings. The molecule has 0 atom stereocenters. The Morgan fingerprint density at radius 1 is 0.971 bits per heavy atom. The molecule has 2 amide bonds. The highest BCUT2D eigenvalue weighted by molar-refractivity contribution is 5.96. The van der Waals surface area contributed by atoms with E-state index in [1.807, 2.05) is 77.7 Å². The van der Waals surface area contributed by atoms with Crippen LogP contribution in [0.5, 0.6) is 11.5 Å². The molecule has 0 unspecified atom stereocenters. The fraction of sp³-hybridized carbons (Fsp3) is 0.286. The molecule has 1 saturated carbocycles. The minimum absolute atomic E-state index is 0.0172. The highest BCUT2D eigenvalue weighted by Crippen LogP contribution is 2.34. The van der Waals surface area contributed by atoms with Gasteiger partial charge >= 0.3 is 0 Å². The number of rotatable bonds is 7. The Hall–Kier alpha value is -3.80. The molecule has 3 aromatic carbocycles. The monoisotopic (exact) mass is 456 g/mol. The van der Waals surface area contributed by atoms with E-state index in [0.29, 0.717) is 32.0 Å². The van der Waals surface area contributed by atoms with Crippen molar-refractivity contribution >= 4 is 17.5 Å². The van der Waals surface area contributed by atoms with Gasteiger partial charge in [0.05, 0.1) is 13.1 Å². The minimum Gasteiger partial charge on any atom is -0.491 e. The number of anilines is 1. The predicted octanol–water partition coefficient (Wildman–Crippen LogP) is 4.43. The van der Waals surface area contributed by atoms with Gasteiger partial charge in [0.2, 0.25) is 5.91 Å². The van der Waals surface area contributed by atoms with Gasteiger partial charge < -0.3 is 19.3 Å². The number of benzene rings is 3. The first-order chi connectivity index (χ1) is 16.7. The third-order valence-corrected chi connectivity index (χ3v) is 6.16. The van der Waals surface area contributed by atoms with Crippen LogP contribution in [0.1, 0.15) is 24.0 Å². The standard InChI is InChI=1S/C28H28N2O4/c31-27(20-34-25-9-5-2-6-10-25)29-15-16-33-26-14-11-21(17-23(26)19-29)18-30(28(32)22-12-13-22)24-7-3-1-4-8-24/h1-11,14,17,22H,12-13,15-16,18-20H2. The van der Waals surface area contributed by atoms with Gasteiger partial charge in [0.1, 0.15) is 18.1 Å². The molecule has 1 aliphatic carbocycles. The SMILES string of the molecule is O=C(COc1ccccc1)N1CCOc2ccc(CN(C(=O)C3CC3)c3ccccc3)cc2C1.